The first-order valence-corrected chi connectivity index (χ1v) is 21.8. The maximum Gasteiger partial charge on any atom is 0.0561 e. The highest BCUT2D eigenvalue weighted by molar-refractivity contribution is 6.10. The van der Waals surface area contributed by atoms with E-state index in [4.69, 9.17) is 0 Å². The van der Waals surface area contributed by atoms with Crippen LogP contribution in [-0.2, 0) is 0 Å². The number of benzene rings is 10. The molecule has 0 spiro atoms. The molecule has 0 aliphatic heterocycles. The second-order valence-corrected chi connectivity index (χ2v) is 15.8. The first-order valence-electron chi connectivity index (χ1n) is 21.8. The Hall–Kier alpha value is -8.60. The molecule has 11 aromatic rings. The van der Waals surface area contributed by atoms with Crippen molar-refractivity contribution in [1.82, 2.24) is 4.57 Å². The van der Waals surface area contributed by atoms with Crippen LogP contribution in [0.5, 0.6) is 0 Å². The summed E-state index contributed by atoms with van der Waals surface area (Å²) in [5, 5.41) is 2.45. The molecule has 304 valence electrons. The Bertz CT molecular complexity index is 3290. The molecule has 0 aliphatic rings. The van der Waals surface area contributed by atoms with Gasteiger partial charge >= 0.3 is 0 Å². The van der Waals surface area contributed by atoms with E-state index in [-0.39, 0.29) is 0 Å². The van der Waals surface area contributed by atoms with Crippen molar-refractivity contribution in [3.8, 4) is 16.8 Å². The normalized spacial score (nSPS) is 11.1. The molecule has 1 aromatic heterocycles. The smallest absolute Gasteiger partial charge is 0.0561 e. The number of hydrogen-bond acceptors (Lipinski definition) is 3. The minimum atomic E-state index is 1.03. The molecule has 0 N–H and O–H groups in total. The lowest BCUT2D eigenvalue weighted by atomic mass is 10.0. The highest BCUT2D eigenvalue weighted by atomic mass is 15.2. The third-order valence-electron chi connectivity index (χ3n) is 11.9. The molecule has 4 nitrogen and oxygen atoms in total. The van der Waals surface area contributed by atoms with Crippen LogP contribution in [-0.4, -0.2) is 4.57 Å². The molecular weight excluding hydrogens is 777 g/mol. The Labute approximate surface area is 374 Å². The highest BCUT2D eigenvalue weighted by Crippen LogP contribution is 2.46. The van der Waals surface area contributed by atoms with Crippen LogP contribution in [0, 0.1) is 0 Å². The molecule has 64 heavy (non-hydrogen) atoms. The van der Waals surface area contributed by atoms with Crippen molar-refractivity contribution in [2.45, 2.75) is 0 Å². The molecule has 0 unspecified atom stereocenters. The Morgan fingerprint density at radius 3 is 1.23 bits per heavy atom. The van der Waals surface area contributed by atoms with Gasteiger partial charge in [-0.05, 0) is 115 Å². The van der Waals surface area contributed by atoms with Crippen molar-refractivity contribution in [1.29, 1.82) is 0 Å². The second kappa shape index (κ2) is 17.0. The van der Waals surface area contributed by atoms with Crippen LogP contribution >= 0.6 is 0 Å². The zero-order chi connectivity index (χ0) is 42.7. The van der Waals surface area contributed by atoms with E-state index >= 15 is 0 Å². The number of anilines is 9. The summed E-state index contributed by atoms with van der Waals surface area (Å²) in [6, 6.07) is 95.4. The van der Waals surface area contributed by atoms with Crippen LogP contribution in [0.1, 0.15) is 0 Å². The van der Waals surface area contributed by atoms with Crippen molar-refractivity contribution in [2.24, 2.45) is 0 Å². The molecule has 0 fully saturated rings. The number of aromatic nitrogens is 1. The SMILES string of the molecule is c1ccc(-c2ccccc2N(c2cccc(N(c3ccccc3)c3ccccc3)c2)c2cccc(N(c3ccccc3)c3ccc4c5ccccc5n(-c5ccccc5)c4c3)c2)cc1. The lowest BCUT2D eigenvalue weighted by molar-refractivity contribution is 1.18. The number of hydrogen-bond donors (Lipinski definition) is 0. The van der Waals surface area contributed by atoms with Gasteiger partial charge in [0, 0.05) is 67.5 Å². The van der Waals surface area contributed by atoms with E-state index in [1.54, 1.807) is 0 Å². The van der Waals surface area contributed by atoms with Gasteiger partial charge in [0.05, 0.1) is 16.7 Å². The molecule has 0 atom stereocenters. The van der Waals surface area contributed by atoms with Crippen molar-refractivity contribution in [3.63, 3.8) is 0 Å². The van der Waals surface area contributed by atoms with Gasteiger partial charge in [-0.1, -0.05) is 158 Å². The molecule has 1 heterocycles. The maximum atomic E-state index is 2.41. The third kappa shape index (κ3) is 7.23. The van der Waals surface area contributed by atoms with Crippen molar-refractivity contribution in [3.05, 3.63) is 267 Å². The molecule has 0 bridgehead atoms. The first-order chi connectivity index (χ1) is 31.8. The number of rotatable bonds is 11. The number of fused-ring (bicyclic) bond motifs is 3. The molecule has 0 saturated heterocycles. The summed E-state index contributed by atoms with van der Waals surface area (Å²) in [5.41, 5.74) is 15.3. The van der Waals surface area contributed by atoms with Crippen LogP contribution in [0.3, 0.4) is 0 Å². The van der Waals surface area contributed by atoms with Crippen molar-refractivity contribution < 1.29 is 0 Å². The maximum absolute atomic E-state index is 2.41. The summed E-state index contributed by atoms with van der Waals surface area (Å²) in [7, 11) is 0. The zero-order valence-corrected chi connectivity index (χ0v) is 35.2. The number of nitrogens with zero attached hydrogens (tertiary/aromatic N) is 4. The third-order valence-corrected chi connectivity index (χ3v) is 11.9. The summed E-state index contributed by atoms with van der Waals surface area (Å²) in [4.78, 5) is 7.10. The molecule has 0 saturated carbocycles. The summed E-state index contributed by atoms with van der Waals surface area (Å²) < 4.78 is 2.39. The van der Waals surface area contributed by atoms with Crippen LogP contribution in [0.25, 0.3) is 38.6 Å². The summed E-state index contributed by atoms with van der Waals surface area (Å²) in [6.45, 7) is 0. The van der Waals surface area contributed by atoms with Gasteiger partial charge in [-0.2, -0.15) is 0 Å². The highest BCUT2D eigenvalue weighted by Gasteiger charge is 2.22. The lowest BCUT2D eigenvalue weighted by Crippen LogP contribution is -2.15. The van der Waals surface area contributed by atoms with Crippen LogP contribution in [0.4, 0.5) is 51.2 Å². The van der Waals surface area contributed by atoms with Crippen molar-refractivity contribution >= 4 is 73.0 Å². The van der Waals surface area contributed by atoms with Gasteiger partial charge in [0.2, 0.25) is 0 Å². The Morgan fingerprint density at radius 2 is 0.656 bits per heavy atom. The van der Waals surface area contributed by atoms with Crippen LogP contribution in [0.2, 0.25) is 0 Å². The van der Waals surface area contributed by atoms with E-state index in [0.29, 0.717) is 0 Å². The minimum Gasteiger partial charge on any atom is -0.310 e. The van der Waals surface area contributed by atoms with Gasteiger partial charge in [-0.15, -0.1) is 0 Å². The summed E-state index contributed by atoms with van der Waals surface area (Å²) in [5.74, 6) is 0. The quantitative estimate of drug-likeness (QED) is 0.129. The molecule has 11 rings (SSSR count). The summed E-state index contributed by atoms with van der Waals surface area (Å²) >= 11 is 0. The monoisotopic (exact) mass is 820 g/mol. The van der Waals surface area contributed by atoms with Gasteiger partial charge in [0.1, 0.15) is 0 Å². The Kier molecular flexibility index (Phi) is 10.2. The van der Waals surface area contributed by atoms with Gasteiger partial charge in [0.25, 0.3) is 0 Å². The minimum absolute atomic E-state index is 1.03. The lowest BCUT2D eigenvalue weighted by Gasteiger charge is -2.32. The first kappa shape index (κ1) is 38.3. The van der Waals surface area contributed by atoms with E-state index in [2.05, 4.69) is 286 Å². The molecular formula is C60H44N4. The molecule has 10 aromatic carbocycles. The van der Waals surface area contributed by atoms with Crippen LogP contribution in [0.15, 0.2) is 267 Å². The van der Waals surface area contributed by atoms with Gasteiger partial charge in [-0.25, -0.2) is 0 Å². The fourth-order valence-electron chi connectivity index (χ4n) is 9.08. The number of para-hydroxylation sites is 6. The summed E-state index contributed by atoms with van der Waals surface area (Å²) in [6.07, 6.45) is 0. The molecule has 4 heteroatoms. The molecule has 0 aliphatic carbocycles. The van der Waals surface area contributed by atoms with Gasteiger partial charge in [0.15, 0.2) is 0 Å². The van der Waals surface area contributed by atoms with E-state index in [9.17, 15) is 0 Å². The largest absolute Gasteiger partial charge is 0.310 e. The molecule has 0 amide bonds. The topological polar surface area (TPSA) is 14.7 Å². The van der Waals surface area contributed by atoms with Gasteiger partial charge < -0.3 is 19.3 Å². The second-order valence-electron chi connectivity index (χ2n) is 15.8. The van der Waals surface area contributed by atoms with Crippen LogP contribution < -0.4 is 14.7 Å². The Morgan fingerprint density at radius 1 is 0.250 bits per heavy atom. The van der Waals surface area contributed by atoms with Gasteiger partial charge in [-0.3, -0.25) is 0 Å². The predicted octanol–water partition coefficient (Wildman–Crippen LogP) is 16.9. The average molecular weight is 821 g/mol. The van der Waals surface area contributed by atoms with Crippen molar-refractivity contribution in [2.75, 3.05) is 14.7 Å². The predicted molar refractivity (Wildman–Crippen MR) is 270 cm³/mol. The fraction of sp³-hybridized carbons (Fsp3) is 0. The van der Waals surface area contributed by atoms with E-state index in [0.717, 1.165) is 73.5 Å². The Balaban J connectivity index is 1.11. The average Bonchev–Trinajstić information content (AvgIpc) is 3.70. The molecule has 0 radical (unpaired) electrons. The standard InChI is InChI=1S/C60H44N4/c1-6-22-45(23-7-1)55-36-16-18-38-58(55)63(52-34-20-32-50(42-52)61(46-24-8-2-9-25-46)47-26-10-3-11-27-47)53-35-21-33-51(43-53)62(48-28-12-4-13-29-48)54-40-41-57-56-37-17-19-39-59(56)64(60(57)44-54)49-30-14-5-15-31-49/h1-44H. The van der Waals surface area contributed by atoms with E-state index < -0.39 is 0 Å². The fourth-order valence-corrected chi connectivity index (χ4v) is 9.08. The zero-order valence-electron chi connectivity index (χ0n) is 35.2. The van der Waals surface area contributed by atoms with E-state index in [1.165, 1.54) is 16.3 Å². The van der Waals surface area contributed by atoms with E-state index in [1.807, 2.05) is 0 Å².